The molecule has 0 aliphatic heterocycles. The van der Waals surface area contributed by atoms with Crippen molar-refractivity contribution in [2.24, 2.45) is 11.7 Å². The Morgan fingerprint density at radius 1 is 1.42 bits per heavy atom. The Morgan fingerprint density at radius 3 is 2.63 bits per heavy atom. The van der Waals surface area contributed by atoms with Gasteiger partial charge in [-0.05, 0) is 19.3 Å². The van der Waals surface area contributed by atoms with E-state index >= 15 is 0 Å². The number of nitrogens with zero attached hydrogens (tertiary/aromatic N) is 3. The number of nitrogens with two attached hydrogens (primary N) is 1. The largest absolute Gasteiger partial charge is 0.388 e. The topological polar surface area (TPSA) is 78.9 Å². The average Bonchev–Trinajstić information content (AvgIpc) is 2.32. The Balaban J connectivity index is 2.94. The zero-order chi connectivity index (χ0) is 14.4. The summed E-state index contributed by atoms with van der Waals surface area (Å²) in [5.74, 6) is 2.49. The van der Waals surface area contributed by atoms with Crippen molar-refractivity contribution in [1.82, 2.24) is 9.97 Å². The highest BCUT2D eigenvalue weighted by Crippen LogP contribution is 2.15. The van der Waals surface area contributed by atoms with E-state index in [4.69, 9.17) is 11.1 Å². The molecule has 0 aliphatic rings. The highest BCUT2D eigenvalue weighted by atomic mass is 15.2. The second-order valence-electron chi connectivity index (χ2n) is 5.23. The van der Waals surface area contributed by atoms with E-state index in [-0.39, 0.29) is 5.84 Å². The first-order valence-electron chi connectivity index (χ1n) is 6.84. The van der Waals surface area contributed by atoms with Gasteiger partial charge in [0.2, 0.25) is 0 Å². The lowest BCUT2D eigenvalue weighted by atomic mass is 10.2. The average molecular weight is 263 g/mol. The van der Waals surface area contributed by atoms with Gasteiger partial charge in [-0.25, -0.2) is 9.97 Å². The van der Waals surface area contributed by atoms with E-state index in [2.05, 4.69) is 35.6 Å². The standard InChI is InChI=1S/C14H25N5/c1-5-12-8-14(18-11(4)17-12)19(9-10(2)3)7-6-13(15)16/h8,10H,5-7,9H2,1-4H3,(H3,15,16). The van der Waals surface area contributed by atoms with E-state index in [1.54, 1.807) is 0 Å². The molecule has 1 heterocycles. The Hall–Kier alpha value is -1.65. The first-order chi connectivity index (χ1) is 8.92. The van der Waals surface area contributed by atoms with E-state index in [1.807, 2.05) is 13.0 Å². The molecule has 0 atom stereocenters. The van der Waals surface area contributed by atoms with Crippen molar-refractivity contribution in [3.05, 3.63) is 17.6 Å². The predicted molar refractivity (Wildman–Crippen MR) is 79.7 cm³/mol. The van der Waals surface area contributed by atoms with Gasteiger partial charge < -0.3 is 10.6 Å². The van der Waals surface area contributed by atoms with Crippen LogP contribution in [0.25, 0.3) is 0 Å². The molecule has 0 unspecified atom stereocenters. The quantitative estimate of drug-likeness (QED) is 0.583. The predicted octanol–water partition coefficient (Wildman–Crippen LogP) is 2.14. The van der Waals surface area contributed by atoms with Gasteiger partial charge in [-0.3, -0.25) is 5.41 Å². The SMILES string of the molecule is CCc1cc(N(CCC(=N)N)CC(C)C)nc(C)n1. The number of amidine groups is 1. The molecule has 1 aromatic rings. The summed E-state index contributed by atoms with van der Waals surface area (Å²) in [6.45, 7) is 10.0. The third-order valence-electron chi connectivity index (χ3n) is 2.80. The maximum absolute atomic E-state index is 7.37. The van der Waals surface area contributed by atoms with Gasteiger partial charge in [-0.2, -0.15) is 0 Å². The number of aromatic nitrogens is 2. The molecule has 0 aromatic carbocycles. The van der Waals surface area contributed by atoms with E-state index in [0.29, 0.717) is 12.3 Å². The van der Waals surface area contributed by atoms with Gasteiger partial charge in [0, 0.05) is 31.3 Å². The fraction of sp³-hybridized carbons (Fsp3) is 0.643. The van der Waals surface area contributed by atoms with Crippen LogP contribution in [0.2, 0.25) is 0 Å². The van der Waals surface area contributed by atoms with Crippen molar-refractivity contribution >= 4 is 11.7 Å². The first kappa shape index (κ1) is 15.4. The minimum absolute atomic E-state index is 0.218. The van der Waals surface area contributed by atoms with Gasteiger partial charge in [0.1, 0.15) is 11.6 Å². The Kier molecular flexibility index (Phi) is 5.73. The molecule has 19 heavy (non-hydrogen) atoms. The molecule has 5 nitrogen and oxygen atoms in total. The van der Waals surface area contributed by atoms with Crippen LogP contribution in [0.15, 0.2) is 6.07 Å². The molecule has 1 rings (SSSR count). The van der Waals surface area contributed by atoms with E-state index in [0.717, 1.165) is 36.8 Å². The molecule has 3 N–H and O–H groups in total. The number of hydrogen-bond acceptors (Lipinski definition) is 4. The van der Waals surface area contributed by atoms with Crippen LogP contribution in [-0.2, 0) is 6.42 Å². The zero-order valence-electron chi connectivity index (χ0n) is 12.4. The Morgan fingerprint density at radius 2 is 2.11 bits per heavy atom. The molecule has 106 valence electrons. The maximum atomic E-state index is 7.37. The molecular weight excluding hydrogens is 238 g/mol. The summed E-state index contributed by atoms with van der Waals surface area (Å²) >= 11 is 0. The first-order valence-corrected chi connectivity index (χ1v) is 6.84. The maximum Gasteiger partial charge on any atom is 0.132 e. The molecule has 0 aliphatic carbocycles. The second-order valence-corrected chi connectivity index (χ2v) is 5.23. The highest BCUT2D eigenvalue weighted by molar-refractivity contribution is 5.77. The fourth-order valence-electron chi connectivity index (χ4n) is 1.95. The molecule has 5 heteroatoms. The van der Waals surface area contributed by atoms with Crippen LogP contribution in [0.1, 0.15) is 38.7 Å². The normalized spacial score (nSPS) is 10.8. The molecule has 0 fully saturated rings. The van der Waals surface area contributed by atoms with Crippen molar-refractivity contribution in [3.8, 4) is 0 Å². The van der Waals surface area contributed by atoms with Crippen LogP contribution in [-0.4, -0.2) is 28.9 Å². The number of nitrogens with one attached hydrogen (secondary N) is 1. The Bertz CT molecular complexity index is 428. The smallest absolute Gasteiger partial charge is 0.132 e. The minimum Gasteiger partial charge on any atom is -0.388 e. The second kappa shape index (κ2) is 7.07. The van der Waals surface area contributed by atoms with Crippen LogP contribution in [0.5, 0.6) is 0 Å². The third-order valence-corrected chi connectivity index (χ3v) is 2.80. The molecule has 0 saturated heterocycles. The summed E-state index contributed by atoms with van der Waals surface area (Å²) in [6, 6.07) is 2.04. The number of rotatable bonds is 7. The molecule has 0 saturated carbocycles. The van der Waals surface area contributed by atoms with Gasteiger partial charge in [0.05, 0.1) is 5.84 Å². The molecular formula is C14H25N5. The van der Waals surface area contributed by atoms with Crippen LogP contribution in [0.3, 0.4) is 0 Å². The summed E-state index contributed by atoms with van der Waals surface area (Å²) in [5.41, 5.74) is 6.51. The summed E-state index contributed by atoms with van der Waals surface area (Å²) in [7, 11) is 0. The van der Waals surface area contributed by atoms with Gasteiger partial charge in [0.15, 0.2) is 0 Å². The molecule has 0 amide bonds. The summed E-state index contributed by atoms with van der Waals surface area (Å²) < 4.78 is 0. The lowest BCUT2D eigenvalue weighted by Crippen LogP contribution is -2.32. The van der Waals surface area contributed by atoms with Gasteiger partial charge >= 0.3 is 0 Å². The minimum atomic E-state index is 0.218. The lowest BCUT2D eigenvalue weighted by molar-refractivity contribution is 0.607. The van der Waals surface area contributed by atoms with Crippen molar-refractivity contribution in [2.75, 3.05) is 18.0 Å². The molecule has 0 spiro atoms. The molecule has 0 bridgehead atoms. The van der Waals surface area contributed by atoms with Gasteiger partial charge in [0.25, 0.3) is 0 Å². The number of hydrogen-bond donors (Lipinski definition) is 2. The summed E-state index contributed by atoms with van der Waals surface area (Å²) in [6.07, 6.45) is 1.47. The van der Waals surface area contributed by atoms with Gasteiger partial charge in [-0.1, -0.05) is 20.8 Å². The van der Waals surface area contributed by atoms with E-state index in [9.17, 15) is 0 Å². The van der Waals surface area contributed by atoms with Crippen molar-refractivity contribution in [3.63, 3.8) is 0 Å². The number of anilines is 1. The fourth-order valence-corrected chi connectivity index (χ4v) is 1.95. The summed E-state index contributed by atoms with van der Waals surface area (Å²) in [5, 5.41) is 7.37. The monoisotopic (exact) mass is 263 g/mol. The van der Waals surface area contributed by atoms with Crippen LogP contribution < -0.4 is 10.6 Å². The lowest BCUT2D eigenvalue weighted by Gasteiger charge is -2.26. The van der Waals surface area contributed by atoms with Crippen LogP contribution in [0.4, 0.5) is 5.82 Å². The third kappa shape index (κ3) is 5.24. The van der Waals surface area contributed by atoms with Crippen LogP contribution in [0, 0.1) is 18.3 Å². The van der Waals surface area contributed by atoms with Crippen molar-refractivity contribution in [1.29, 1.82) is 5.41 Å². The number of aryl methyl sites for hydroxylation is 2. The van der Waals surface area contributed by atoms with E-state index in [1.165, 1.54) is 0 Å². The van der Waals surface area contributed by atoms with E-state index < -0.39 is 0 Å². The van der Waals surface area contributed by atoms with Crippen LogP contribution >= 0.6 is 0 Å². The zero-order valence-corrected chi connectivity index (χ0v) is 12.4. The molecule has 0 radical (unpaired) electrons. The van der Waals surface area contributed by atoms with Crippen molar-refractivity contribution in [2.45, 2.75) is 40.5 Å². The highest BCUT2D eigenvalue weighted by Gasteiger charge is 2.12. The molecule has 1 aromatic heterocycles. The van der Waals surface area contributed by atoms with Gasteiger partial charge in [-0.15, -0.1) is 0 Å². The van der Waals surface area contributed by atoms with Crippen molar-refractivity contribution < 1.29 is 0 Å². The summed E-state index contributed by atoms with van der Waals surface area (Å²) in [4.78, 5) is 11.1. The Labute approximate surface area is 115 Å².